The van der Waals surface area contributed by atoms with Crippen molar-refractivity contribution in [1.82, 2.24) is 9.88 Å². The Balaban J connectivity index is 2.08. The second kappa shape index (κ2) is 4.39. The number of hydrogen-bond acceptors (Lipinski definition) is 4. The molecule has 0 aromatic carbocycles. The van der Waals surface area contributed by atoms with E-state index in [1.165, 1.54) is 24.9 Å². The molecule has 0 bridgehead atoms. The highest BCUT2D eigenvalue weighted by atomic mass is 15.2. The van der Waals surface area contributed by atoms with Crippen LogP contribution in [-0.2, 0) is 6.54 Å². The molecule has 0 radical (unpaired) electrons. The third-order valence-corrected chi connectivity index (χ3v) is 3.42. The van der Waals surface area contributed by atoms with Gasteiger partial charge in [0.2, 0.25) is 0 Å². The zero-order valence-electron chi connectivity index (χ0n) is 10.0. The van der Waals surface area contributed by atoms with Gasteiger partial charge in [-0.2, -0.15) is 0 Å². The van der Waals surface area contributed by atoms with E-state index >= 15 is 0 Å². The average molecular weight is 220 g/mol. The number of nitrogens with two attached hydrogens (primary N) is 1. The standard InChI is InChI=1S/C12H20N4/c1-12(2)5-3-7-16(12)9-10-4-6-14-11(8-10)15-13/h4,6,8H,3,5,7,9,13H2,1-2H3,(H,14,15). The first-order valence-electron chi connectivity index (χ1n) is 5.78. The molecule has 0 atom stereocenters. The summed E-state index contributed by atoms with van der Waals surface area (Å²) in [5.41, 5.74) is 4.16. The van der Waals surface area contributed by atoms with Gasteiger partial charge in [-0.3, -0.25) is 4.90 Å². The molecule has 0 saturated carbocycles. The molecule has 0 unspecified atom stereocenters. The number of nitrogens with one attached hydrogen (secondary N) is 1. The van der Waals surface area contributed by atoms with E-state index in [0.717, 1.165) is 12.4 Å². The molecule has 1 aliphatic rings. The summed E-state index contributed by atoms with van der Waals surface area (Å²) < 4.78 is 0. The topological polar surface area (TPSA) is 54.2 Å². The molecule has 1 aromatic rings. The van der Waals surface area contributed by atoms with Crippen LogP contribution in [0.15, 0.2) is 18.3 Å². The van der Waals surface area contributed by atoms with Crippen LogP contribution in [0.3, 0.4) is 0 Å². The summed E-state index contributed by atoms with van der Waals surface area (Å²) >= 11 is 0. The molecule has 3 N–H and O–H groups in total. The van der Waals surface area contributed by atoms with Crippen LogP contribution in [0.2, 0.25) is 0 Å². The Morgan fingerprint density at radius 2 is 2.38 bits per heavy atom. The van der Waals surface area contributed by atoms with E-state index in [0.29, 0.717) is 5.54 Å². The highest BCUT2D eigenvalue weighted by molar-refractivity contribution is 5.35. The van der Waals surface area contributed by atoms with Crippen molar-refractivity contribution in [3.8, 4) is 0 Å². The van der Waals surface area contributed by atoms with Gasteiger partial charge in [0.25, 0.3) is 0 Å². The second-order valence-corrected chi connectivity index (χ2v) is 5.03. The summed E-state index contributed by atoms with van der Waals surface area (Å²) in [6.07, 6.45) is 4.37. The Morgan fingerprint density at radius 1 is 1.56 bits per heavy atom. The molecule has 88 valence electrons. The average Bonchev–Trinajstić information content (AvgIpc) is 2.59. The van der Waals surface area contributed by atoms with E-state index < -0.39 is 0 Å². The van der Waals surface area contributed by atoms with Gasteiger partial charge in [0.15, 0.2) is 0 Å². The maximum atomic E-state index is 5.35. The van der Waals surface area contributed by atoms with Gasteiger partial charge in [-0.1, -0.05) is 0 Å². The first-order valence-corrected chi connectivity index (χ1v) is 5.78. The molecule has 1 aliphatic heterocycles. The highest BCUT2D eigenvalue weighted by Gasteiger charge is 2.31. The van der Waals surface area contributed by atoms with Crippen molar-refractivity contribution >= 4 is 5.82 Å². The fourth-order valence-corrected chi connectivity index (χ4v) is 2.33. The van der Waals surface area contributed by atoms with Crippen LogP contribution >= 0.6 is 0 Å². The van der Waals surface area contributed by atoms with Crippen molar-refractivity contribution in [2.45, 2.75) is 38.8 Å². The molecular formula is C12H20N4. The number of nitrogens with zero attached hydrogens (tertiary/aromatic N) is 2. The minimum absolute atomic E-state index is 0.319. The highest BCUT2D eigenvalue weighted by Crippen LogP contribution is 2.29. The molecule has 4 heteroatoms. The van der Waals surface area contributed by atoms with Crippen LogP contribution in [0, 0.1) is 0 Å². The first kappa shape index (κ1) is 11.4. The van der Waals surface area contributed by atoms with Crippen LogP contribution < -0.4 is 11.3 Å². The Kier molecular flexibility index (Phi) is 3.12. The van der Waals surface area contributed by atoms with E-state index in [-0.39, 0.29) is 0 Å². The largest absolute Gasteiger partial charge is 0.308 e. The molecule has 0 spiro atoms. The zero-order valence-corrected chi connectivity index (χ0v) is 10.0. The number of aromatic nitrogens is 1. The zero-order chi connectivity index (χ0) is 11.6. The predicted octanol–water partition coefficient (Wildman–Crippen LogP) is 1.74. The van der Waals surface area contributed by atoms with Crippen LogP contribution in [0.25, 0.3) is 0 Å². The summed E-state index contributed by atoms with van der Waals surface area (Å²) in [5, 5.41) is 0. The Bertz CT molecular complexity index is 362. The number of anilines is 1. The molecule has 2 heterocycles. The number of likely N-dealkylation sites (tertiary alicyclic amines) is 1. The van der Waals surface area contributed by atoms with Crippen LogP contribution in [0.1, 0.15) is 32.3 Å². The summed E-state index contributed by atoms with van der Waals surface area (Å²) in [7, 11) is 0. The van der Waals surface area contributed by atoms with E-state index in [2.05, 4.69) is 35.2 Å². The maximum Gasteiger partial charge on any atom is 0.140 e. The van der Waals surface area contributed by atoms with E-state index in [1.807, 2.05) is 6.07 Å². The van der Waals surface area contributed by atoms with Gasteiger partial charge in [0.05, 0.1) is 0 Å². The van der Waals surface area contributed by atoms with Crippen LogP contribution in [0.4, 0.5) is 5.82 Å². The fourth-order valence-electron chi connectivity index (χ4n) is 2.33. The lowest BCUT2D eigenvalue weighted by Crippen LogP contribution is -2.37. The Hall–Kier alpha value is -1.13. The van der Waals surface area contributed by atoms with Crippen molar-refractivity contribution in [3.63, 3.8) is 0 Å². The summed E-state index contributed by atoms with van der Waals surface area (Å²) in [5.74, 6) is 6.09. The number of hydrazine groups is 1. The monoisotopic (exact) mass is 220 g/mol. The van der Waals surface area contributed by atoms with Gasteiger partial charge in [-0.15, -0.1) is 0 Å². The van der Waals surface area contributed by atoms with Gasteiger partial charge in [0, 0.05) is 18.3 Å². The lowest BCUT2D eigenvalue weighted by Gasteiger charge is -2.31. The van der Waals surface area contributed by atoms with Gasteiger partial charge < -0.3 is 5.43 Å². The van der Waals surface area contributed by atoms with Crippen molar-refractivity contribution < 1.29 is 0 Å². The number of pyridine rings is 1. The van der Waals surface area contributed by atoms with Gasteiger partial charge in [-0.25, -0.2) is 10.8 Å². The van der Waals surface area contributed by atoms with E-state index in [9.17, 15) is 0 Å². The van der Waals surface area contributed by atoms with Gasteiger partial charge in [-0.05, 0) is 50.9 Å². The van der Waals surface area contributed by atoms with E-state index in [4.69, 9.17) is 5.84 Å². The Labute approximate surface area is 96.8 Å². The third-order valence-electron chi connectivity index (χ3n) is 3.42. The second-order valence-electron chi connectivity index (χ2n) is 5.03. The summed E-state index contributed by atoms with van der Waals surface area (Å²) in [6.45, 7) is 6.78. The minimum Gasteiger partial charge on any atom is -0.308 e. The molecule has 1 aromatic heterocycles. The van der Waals surface area contributed by atoms with Crippen molar-refractivity contribution in [1.29, 1.82) is 0 Å². The molecule has 4 nitrogen and oxygen atoms in total. The molecule has 1 saturated heterocycles. The number of nitrogen functional groups attached to an aromatic ring is 1. The minimum atomic E-state index is 0.319. The molecule has 0 aliphatic carbocycles. The summed E-state index contributed by atoms with van der Waals surface area (Å²) in [6, 6.07) is 4.06. The predicted molar refractivity (Wildman–Crippen MR) is 65.8 cm³/mol. The third kappa shape index (κ3) is 2.33. The first-order chi connectivity index (χ1) is 7.62. The van der Waals surface area contributed by atoms with Gasteiger partial charge >= 0.3 is 0 Å². The molecule has 2 rings (SSSR count). The summed E-state index contributed by atoms with van der Waals surface area (Å²) in [4.78, 5) is 6.63. The molecule has 1 fully saturated rings. The quantitative estimate of drug-likeness (QED) is 0.602. The normalized spacial score (nSPS) is 19.9. The SMILES string of the molecule is CC1(C)CCCN1Cc1ccnc(NN)c1. The number of rotatable bonds is 3. The van der Waals surface area contributed by atoms with Crippen molar-refractivity contribution in [2.24, 2.45) is 5.84 Å². The van der Waals surface area contributed by atoms with Gasteiger partial charge in [0.1, 0.15) is 5.82 Å². The van der Waals surface area contributed by atoms with Crippen molar-refractivity contribution in [2.75, 3.05) is 12.0 Å². The molecule has 16 heavy (non-hydrogen) atoms. The van der Waals surface area contributed by atoms with Crippen LogP contribution in [0.5, 0.6) is 0 Å². The van der Waals surface area contributed by atoms with Crippen LogP contribution in [-0.4, -0.2) is 22.0 Å². The molecule has 0 amide bonds. The Morgan fingerprint density at radius 3 is 3.00 bits per heavy atom. The van der Waals surface area contributed by atoms with Crippen molar-refractivity contribution in [3.05, 3.63) is 23.9 Å². The lowest BCUT2D eigenvalue weighted by molar-refractivity contribution is 0.166. The smallest absolute Gasteiger partial charge is 0.140 e. The lowest BCUT2D eigenvalue weighted by atomic mass is 10.0. The van der Waals surface area contributed by atoms with E-state index in [1.54, 1.807) is 6.20 Å². The maximum absolute atomic E-state index is 5.35. The molecular weight excluding hydrogens is 200 g/mol. The number of hydrogen-bond donors (Lipinski definition) is 2. The fraction of sp³-hybridized carbons (Fsp3) is 0.583.